The molecule has 0 radical (unpaired) electrons. The van der Waals surface area contributed by atoms with E-state index in [4.69, 9.17) is 23.1 Å². The van der Waals surface area contributed by atoms with Crippen LogP contribution in [0.3, 0.4) is 0 Å². The largest absolute Gasteiger partial charge is 0.353 e. The number of hydrogen-bond acceptors (Lipinski definition) is 9. The summed E-state index contributed by atoms with van der Waals surface area (Å²) in [4.78, 5) is 1.46. The molecular weight excluding hydrogens is 448 g/mol. The van der Waals surface area contributed by atoms with Gasteiger partial charge >= 0.3 is 0 Å². The Morgan fingerprint density at radius 3 is 2.36 bits per heavy atom. The lowest BCUT2D eigenvalue weighted by Crippen LogP contribution is -2.67. The average molecular weight is 475 g/mol. The molecule has 2 heterocycles. The Labute approximate surface area is 193 Å². The molecule has 2 aromatic rings. The molecular formula is C23H26N2O7S. The summed E-state index contributed by atoms with van der Waals surface area (Å²) in [7, 11) is -2.51. The normalized spacial score (nSPS) is 29.6. The van der Waals surface area contributed by atoms with Gasteiger partial charge in [0.15, 0.2) is 24.9 Å². The van der Waals surface area contributed by atoms with Crippen LogP contribution in [-0.2, 0) is 39.8 Å². The van der Waals surface area contributed by atoms with Crippen LogP contribution >= 0.6 is 0 Å². The molecule has 0 saturated carbocycles. The molecule has 0 aromatic heterocycles. The fraction of sp³-hybridized carbons (Fsp3) is 0.435. The molecule has 2 saturated heterocycles. The SMILES string of the molecule is CO[C@@H]1O[C@H]2CO[C@H](c3ccccc3)O[C@@H]2[C@@H](N(C#N)Cc2ccccc2)[C@H]1OS(C)(=O)=O. The minimum absolute atomic E-state index is 0.177. The zero-order valence-corrected chi connectivity index (χ0v) is 19.1. The third-order valence-electron chi connectivity index (χ3n) is 5.58. The molecule has 0 amide bonds. The molecule has 33 heavy (non-hydrogen) atoms. The number of methoxy groups -OCH3 is 1. The molecule has 6 atom stereocenters. The number of hydrogen-bond donors (Lipinski definition) is 0. The van der Waals surface area contributed by atoms with Gasteiger partial charge in [0.1, 0.15) is 18.2 Å². The molecule has 2 aliphatic heterocycles. The zero-order valence-electron chi connectivity index (χ0n) is 18.3. The molecule has 2 aliphatic rings. The first-order valence-electron chi connectivity index (χ1n) is 10.5. The number of rotatable bonds is 7. The molecule has 2 aromatic carbocycles. The van der Waals surface area contributed by atoms with Crippen molar-refractivity contribution in [3.63, 3.8) is 0 Å². The Kier molecular flexibility index (Phi) is 7.29. The summed E-state index contributed by atoms with van der Waals surface area (Å²) in [6.07, 6.45) is -1.04. The van der Waals surface area contributed by atoms with Crippen LogP contribution in [0.1, 0.15) is 17.4 Å². The molecule has 0 N–H and O–H groups in total. The standard InChI is InChI=1S/C23H26N2O7S/c1-28-23-21(32-33(2,26)27)19(25(15-24)13-16-9-5-3-6-10-16)20-18(30-23)14-29-22(31-20)17-11-7-4-8-12-17/h3-12,18-23H,13-14H2,1-2H3/t18-,19+,20-,21+,22-,23+/m0/s1. The predicted octanol–water partition coefficient (Wildman–Crippen LogP) is 2.17. The fourth-order valence-electron chi connectivity index (χ4n) is 4.18. The molecule has 4 rings (SSSR count). The summed E-state index contributed by atoms with van der Waals surface area (Å²) >= 11 is 0. The van der Waals surface area contributed by atoms with Crippen LogP contribution in [0.25, 0.3) is 0 Å². The van der Waals surface area contributed by atoms with Gasteiger partial charge in [-0.15, -0.1) is 0 Å². The van der Waals surface area contributed by atoms with Gasteiger partial charge in [0.05, 0.1) is 19.4 Å². The van der Waals surface area contributed by atoms with Crippen molar-refractivity contribution < 1.29 is 31.5 Å². The van der Waals surface area contributed by atoms with E-state index in [1.807, 2.05) is 60.7 Å². The quantitative estimate of drug-likeness (QED) is 0.339. The number of fused-ring (bicyclic) bond motifs is 1. The lowest BCUT2D eigenvalue weighted by molar-refractivity contribution is -0.344. The molecule has 0 aliphatic carbocycles. The Balaban J connectivity index is 1.70. The van der Waals surface area contributed by atoms with Crippen LogP contribution in [0.15, 0.2) is 60.7 Å². The number of nitriles is 1. The minimum Gasteiger partial charge on any atom is -0.353 e. The van der Waals surface area contributed by atoms with E-state index in [0.717, 1.165) is 17.4 Å². The first-order chi connectivity index (χ1) is 15.9. The van der Waals surface area contributed by atoms with Gasteiger partial charge in [-0.3, -0.25) is 9.08 Å². The number of benzene rings is 2. The third kappa shape index (κ3) is 5.52. The maximum atomic E-state index is 12.1. The van der Waals surface area contributed by atoms with Gasteiger partial charge in [-0.1, -0.05) is 60.7 Å². The van der Waals surface area contributed by atoms with E-state index in [0.29, 0.717) is 0 Å². The van der Waals surface area contributed by atoms with Crippen molar-refractivity contribution in [2.45, 2.75) is 43.5 Å². The Morgan fingerprint density at radius 2 is 1.76 bits per heavy atom. The summed E-state index contributed by atoms with van der Waals surface area (Å²) in [5.74, 6) is 0. The van der Waals surface area contributed by atoms with E-state index in [2.05, 4.69) is 6.19 Å². The Bertz CT molecular complexity index is 1060. The monoisotopic (exact) mass is 474 g/mol. The van der Waals surface area contributed by atoms with Gasteiger partial charge in [0, 0.05) is 12.7 Å². The van der Waals surface area contributed by atoms with Crippen LogP contribution in [-0.4, -0.2) is 63.9 Å². The fourth-order valence-corrected chi connectivity index (χ4v) is 4.79. The van der Waals surface area contributed by atoms with Gasteiger partial charge in [-0.05, 0) is 5.56 Å². The zero-order chi connectivity index (χ0) is 23.4. The summed E-state index contributed by atoms with van der Waals surface area (Å²) in [6.45, 7) is 0.405. The molecule has 2 fully saturated rings. The molecule has 9 nitrogen and oxygen atoms in total. The van der Waals surface area contributed by atoms with Crippen LogP contribution < -0.4 is 0 Å². The van der Waals surface area contributed by atoms with E-state index in [1.54, 1.807) is 0 Å². The van der Waals surface area contributed by atoms with E-state index >= 15 is 0 Å². The molecule has 0 bridgehead atoms. The van der Waals surface area contributed by atoms with Crippen molar-refractivity contribution >= 4 is 10.1 Å². The van der Waals surface area contributed by atoms with Crippen molar-refractivity contribution in [1.29, 1.82) is 5.26 Å². The minimum atomic E-state index is -3.90. The lowest BCUT2D eigenvalue weighted by atomic mass is 9.93. The summed E-state index contributed by atoms with van der Waals surface area (Å²) in [5.41, 5.74) is 1.68. The van der Waals surface area contributed by atoms with Crippen molar-refractivity contribution in [1.82, 2.24) is 4.90 Å². The molecule has 10 heteroatoms. The van der Waals surface area contributed by atoms with Crippen LogP contribution in [0.4, 0.5) is 0 Å². The van der Waals surface area contributed by atoms with E-state index < -0.39 is 47.1 Å². The first kappa shape index (κ1) is 23.6. The second-order valence-corrected chi connectivity index (χ2v) is 9.53. The van der Waals surface area contributed by atoms with Gasteiger partial charge in [-0.2, -0.15) is 13.7 Å². The van der Waals surface area contributed by atoms with Crippen LogP contribution in [0.2, 0.25) is 0 Å². The van der Waals surface area contributed by atoms with Crippen LogP contribution in [0.5, 0.6) is 0 Å². The van der Waals surface area contributed by atoms with Crippen molar-refractivity contribution in [2.75, 3.05) is 20.0 Å². The maximum Gasteiger partial charge on any atom is 0.264 e. The van der Waals surface area contributed by atoms with E-state index in [1.165, 1.54) is 12.0 Å². The van der Waals surface area contributed by atoms with Crippen molar-refractivity contribution in [3.05, 3.63) is 71.8 Å². The topological polar surface area (TPSA) is 107 Å². The highest BCUT2D eigenvalue weighted by Crippen LogP contribution is 2.38. The highest BCUT2D eigenvalue weighted by atomic mass is 32.2. The summed E-state index contributed by atoms with van der Waals surface area (Å²) in [5, 5.41) is 10.1. The second kappa shape index (κ2) is 10.2. The summed E-state index contributed by atoms with van der Waals surface area (Å²) < 4.78 is 53.2. The van der Waals surface area contributed by atoms with Crippen molar-refractivity contribution in [2.24, 2.45) is 0 Å². The van der Waals surface area contributed by atoms with Crippen LogP contribution in [0, 0.1) is 11.5 Å². The Hall–Kier alpha value is -2.52. The van der Waals surface area contributed by atoms with Gasteiger partial charge < -0.3 is 18.9 Å². The van der Waals surface area contributed by atoms with E-state index in [9.17, 15) is 13.7 Å². The summed E-state index contributed by atoms with van der Waals surface area (Å²) in [6, 6.07) is 18.0. The average Bonchev–Trinajstić information content (AvgIpc) is 2.82. The molecule has 176 valence electrons. The molecule has 0 spiro atoms. The Morgan fingerprint density at radius 1 is 1.09 bits per heavy atom. The lowest BCUT2D eigenvalue weighted by Gasteiger charge is -2.50. The van der Waals surface area contributed by atoms with Gasteiger partial charge in [-0.25, -0.2) is 0 Å². The number of ether oxygens (including phenoxy) is 4. The van der Waals surface area contributed by atoms with E-state index in [-0.39, 0.29) is 13.2 Å². The smallest absolute Gasteiger partial charge is 0.264 e. The number of nitrogens with zero attached hydrogens (tertiary/aromatic N) is 2. The van der Waals surface area contributed by atoms with Gasteiger partial charge in [0.2, 0.25) is 0 Å². The highest BCUT2D eigenvalue weighted by Gasteiger charge is 2.54. The third-order valence-corrected chi connectivity index (χ3v) is 6.16. The molecule has 0 unspecified atom stereocenters. The first-order valence-corrected chi connectivity index (χ1v) is 12.3. The predicted molar refractivity (Wildman–Crippen MR) is 117 cm³/mol. The van der Waals surface area contributed by atoms with Gasteiger partial charge in [0.25, 0.3) is 10.1 Å². The second-order valence-electron chi connectivity index (χ2n) is 7.92. The highest BCUT2D eigenvalue weighted by molar-refractivity contribution is 7.86. The maximum absolute atomic E-state index is 12.1. The van der Waals surface area contributed by atoms with Crippen molar-refractivity contribution in [3.8, 4) is 6.19 Å².